The number of methoxy groups -OCH3 is 1. The molecule has 24 heavy (non-hydrogen) atoms. The molecular formula is C17H16O7. The van der Waals surface area contributed by atoms with Crippen molar-refractivity contribution in [2.45, 2.75) is 19.6 Å². The second-order valence-corrected chi connectivity index (χ2v) is 5.15. The molecule has 0 radical (unpaired) electrons. The van der Waals surface area contributed by atoms with Crippen LogP contribution in [0, 0.1) is 6.92 Å². The van der Waals surface area contributed by atoms with Crippen molar-refractivity contribution in [1.29, 1.82) is 0 Å². The van der Waals surface area contributed by atoms with Gasteiger partial charge in [-0.05, 0) is 25.1 Å². The molecule has 0 aliphatic carbocycles. The number of esters is 2. The quantitative estimate of drug-likeness (QED) is 0.794. The predicted octanol–water partition coefficient (Wildman–Crippen LogP) is 2.26. The molecule has 7 nitrogen and oxygen atoms in total. The Morgan fingerprint density at radius 2 is 2.00 bits per heavy atom. The Labute approximate surface area is 138 Å². The van der Waals surface area contributed by atoms with Gasteiger partial charge in [0.1, 0.15) is 30.3 Å². The van der Waals surface area contributed by atoms with Crippen molar-refractivity contribution in [3.05, 3.63) is 47.4 Å². The van der Waals surface area contributed by atoms with Gasteiger partial charge in [0.05, 0.1) is 7.11 Å². The third-order valence-electron chi connectivity index (χ3n) is 3.50. The average Bonchev–Trinajstić information content (AvgIpc) is 2.99. The van der Waals surface area contributed by atoms with E-state index >= 15 is 0 Å². The van der Waals surface area contributed by atoms with E-state index in [4.69, 9.17) is 18.6 Å². The molecule has 0 amide bonds. The number of rotatable bonds is 4. The summed E-state index contributed by atoms with van der Waals surface area (Å²) in [6.07, 6.45) is -0.851. The molecule has 1 aliphatic rings. The van der Waals surface area contributed by atoms with Gasteiger partial charge in [-0.3, -0.25) is 0 Å². The summed E-state index contributed by atoms with van der Waals surface area (Å²) in [4.78, 5) is 23.6. The zero-order chi connectivity index (χ0) is 17.1. The minimum Gasteiger partial charge on any atom is -0.485 e. The van der Waals surface area contributed by atoms with E-state index in [1.165, 1.54) is 13.2 Å². The van der Waals surface area contributed by atoms with Gasteiger partial charge in [-0.15, -0.1) is 0 Å². The molecule has 1 aliphatic heterocycles. The highest BCUT2D eigenvalue weighted by Gasteiger charge is 2.29. The summed E-state index contributed by atoms with van der Waals surface area (Å²) in [6.45, 7) is 1.59. The SMILES string of the molecule is COC(=O)c1cc(COC(=O)C2COc3ccccc3O2)oc1C. The van der Waals surface area contributed by atoms with Crippen molar-refractivity contribution in [1.82, 2.24) is 0 Å². The van der Waals surface area contributed by atoms with E-state index in [0.29, 0.717) is 28.6 Å². The second kappa shape index (κ2) is 6.66. The standard InChI is InChI=1S/C17H16O7/c1-10-12(16(18)20-2)7-11(23-10)8-22-17(19)15-9-21-13-5-3-4-6-14(13)24-15/h3-7,15H,8-9H2,1-2H3. The van der Waals surface area contributed by atoms with Crippen LogP contribution >= 0.6 is 0 Å². The fourth-order valence-corrected chi connectivity index (χ4v) is 2.30. The third kappa shape index (κ3) is 3.19. The van der Waals surface area contributed by atoms with E-state index in [-0.39, 0.29) is 13.2 Å². The average molecular weight is 332 g/mol. The Morgan fingerprint density at radius 1 is 1.25 bits per heavy atom. The number of para-hydroxylation sites is 2. The van der Waals surface area contributed by atoms with Crippen molar-refractivity contribution in [2.24, 2.45) is 0 Å². The number of furan rings is 1. The van der Waals surface area contributed by atoms with Gasteiger partial charge in [0, 0.05) is 0 Å². The summed E-state index contributed by atoms with van der Waals surface area (Å²) in [7, 11) is 1.28. The van der Waals surface area contributed by atoms with Gasteiger partial charge in [-0.2, -0.15) is 0 Å². The minimum atomic E-state index is -0.851. The van der Waals surface area contributed by atoms with Crippen LogP contribution in [0.4, 0.5) is 0 Å². The molecule has 1 atom stereocenters. The monoisotopic (exact) mass is 332 g/mol. The number of carbonyl (C=O) groups excluding carboxylic acids is 2. The number of fused-ring (bicyclic) bond motifs is 1. The smallest absolute Gasteiger partial charge is 0.351 e. The van der Waals surface area contributed by atoms with Crippen molar-refractivity contribution < 1.29 is 33.0 Å². The van der Waals surface area contributed by atoms with Crippen LogP contribution in [0.1, 0.15) is 21.9 Å². The lowest BCUT2D eigenvalue weighted by molar-refractivity contribution is -0.156. The maximum absolute atomic E-state index is 12.1. The molecule has 0 bridgehead atoms. The third-order valence-corrected chi connectivity index (χ3v) is 3.50. The first-order chi connectivity index (χ1) is 11.6. The first-order valence-corrected chi connectivity index (χ1v) is 7.31. The van der Waals surface area contributed by atoms with Crippen LogP contribution in [0.2, 0.25) is 0 Å². The molecule has 0 spiro atoms. The summed E-state index contributed by atoms with van der Waals surface area (Å²) < 4.78 is 26.2. The fraction of sp³-hybridized carbons (Fsp3) is 0.294. The molecule has 1 unspecified atom stereocenters. The maximum atomic E-state index is 12.1. The van der Waals surface area contributed by atoms with Gasteiger partial charge in [-0.1, -0.05) is 12.1 Å². The summed E-state index contributed by atoms with van der Waals surface area (Å²) in [5.41, 5.74) is 0.301. The molecule has 1 aromatic carbocycles. The van der Waals surface area contributed by atoms with Gasteiger partial charge in [0.2, 0.25) is 6.10 Å². The fourth-order valence-electron chi connectivity index (χ4n) is 2.30. The molecule has 1 aromatic heterocycles. The highest BCUT2D eigenvalue weighted by Crippen LogP contribution is 2.31. The summed E-state index contributed by atoms with van der Waals surface area (Å²) in [6, 6.07) is 8.57. The van der Waals surface area contributed by atoms with Gasteiger partial charge in [0.25, 0.3) is 0 Å². The summed E-state index contributed by atoms with van der Waals surface area (Å²) in [5.74, 6) is 0.753. The summed E-state index contributed by atoms with van der Waals surface area (Å²) >= 11 is 0. The largest absolute Gasteiger partial charge is 0.485 e. The van der Waals surface area contributed by atoms with E-state index in [1.54, 1.807) is 25.1 Å². The van der Waals surface area contributed by atoms with Crippen molar-refractivity contribution >= 4 is 11.9 Å². The lowest BCUT2D eigenvalue weighted by Gasteiger charge is -2.24. The molecule has 0 fully saturated rings. The number of benzene rings is 1. The molecule has 7 heteroatoms. The zero-order valence-corrected chi connectivity index (χ0v) is 13.2. The number of hydrogen-bond donors (Lipinski definition) is 0. The van der Waals surface area contributed by atoms with Crippen LogP contribution < -0.4 is 9.47 Å². The normalized spacial score (nSPS) is 15.7. The van der Waals surface area contributed by atoms with E-state index in [0.717, 1.165) is 0 Å². The lowest BCUT2D eigenvalue weighted by atomic mass is 10.2. The Morgan fingerprint density at radius 3 is 2.75 bits per heavy atom. The van der Waals surface area contributed by atoms with E-state index in [2.05, 4.69) is 4.74 Å². The number of aryl methyl sites for hydroxylation is 1. The Hall–Kier alpha value is -2.96. The Kier molecular flexibility index (Phi) is 4.41. The Balaban J connectivity index is 1.59. The highest BCUT2D eigenvalue weighted by molar-refractivity contribution is 5.90. The van der Waals surface area contributed by atoms with Crippen LogP contribution in [0.3, 0.4) is 0 Å². The van der Waals surface area contributed by atoms with Gasteiger partial charge in [-0.25, -0.2) is 9.59 Å². The first-order valence-electron chi connectivity index (χ1n) is 7.31. The molecule has 2 aromatic rings. The predicted molar refractivity (Wildman–Crippen MR) is 80.9 cm³/mol. The van der Waals surface area contributed by atoms with Crippen molar-refractivity contribution in [3.8, 4) is 11.5 Å². The Bertz CT molecular complexity index is 762. The number of ether oxygens (including phenoxy) is 4. The van der Waals surface area contributed by atoms with Gasteiger partial charge in [0.15, 0.2) is 11.5 Å². The van der Waals surface area contributed by atoms with Crippen LogP contribution in [-0.4, -0.2) is 31.8 Å². The molecule has 126 valence electrons. The molecule has 0 N–H and O–H groups in total. The van der Waals surface area contributed by atoms with Crippen LogP contribution in [-0.2, 0) is 20.9 Å². The lowest BCUT2D eigenvalue weighted by Crippen LogP contribution is -2.37. The van der Waals surface area contributed by atoms with E-state index in [9.17, 15) is 9.59 Å². The molecule has 0 saturated heterocycles. The van der Waals surface area contributed by atoms with E-state index < -0.39 is 18.0 Å². The van der Waals surface area contributed by atoms with Crippen molar-refractivity contribution in [2.75, 3.05) is 13.7 Å². The molecule has 0 saturated carbocycles. The molecular weight excluding hydrogens is 316 g/mol. The minimum absolute atomic E-state index is 0.0699. The zero-order valence-electron chi connectivity index (χ0n) is 13.2. The van der Waals surface area contributed by atoms with Crippen LogP contribution in [0.25, 0.3) is 0 Å². The first kappa shape index (κ1) is 15.9. The van der Waals surface area contributed by atoms with Crippen molar-refractivity contribution in [3.63, 3.8) is 0 Å². The topological polar surface area (TPSA) is 84.2 Å². The number of hydrogen-bond acceptors (Lipinski definition) is 7. The summed E-state index contributed by atoms with van der Waals surface area (Å²) in [5, 5.41) is 0. The maximum Gasteiger partial charge on any atom is 0.351 e. The van der Waals surface area contributed by atoms with Gasteiger partial charge < -0.3 is 23.4 Å². The van der Waals surface area contributed by atoms with E-state index in [1.807, 2.05) is 6.07 Å². The number of carbonyl (C=O) groups is 2. The molecule has 2 heterocycles. The highest BCUT2D eigenvalue weighted by atomic mass is 16.6. The van der Waals surface area contributed by atoms with Crippen LogP contribution in [0.5, 0.6) is 11.5 Å². The van der Waals surface area contributed by atoms with Gasteiger partial charge >= 0.3 is 11.9 Å². The van der Waals surface area contributed by atoms with Crippen LogP contribution in [0.15, 0.2) is 34.7 Å². The molecule has 3 rings (SSSR count). The second-order valence-electron chi connectivity index (χ2n) is 5.15.